The molecule has 1 atom stereocenters. The number of carboxylic acids is 1. The number of carboxylic acid groups (broad SMARTS) is 1. The molecule has 0 bridgehead atoms. The molecule has 18 heavy (non-hydrogen) atoms. The number of aliphatic carboxylic acids is 1. The maximum absolute atomic E-state index is 11.1. The molecule has 0 aliphatic rings. The van der Waals surface area contributed by atoms with Gasteiger partial charge in [-0.2, -0.15) is 0 Å². The SMILES string of the molecule is CCC(C(=O)O)N(C)Cc1cccc(N(C)C)c1. The first kappa shape index (κ1) is 14.5. The average Bonchev–Trinajstić information content (AvgIpc) is 2.29. The Bertz CT molecular complexity index is 405. The van der Waals surface area contributed by atoms with Crippen molar-refractivity contribution in [3.05, 3.63) is 29.8 Å². The molecular formula is C14H22N2O2. The molecule has 0 aliphatic heterocycles. The predicted molar refractivity (Wildman–Crippen MR) is 74.0 cm³/mol. The van der Waals surface area contributed by atoms with Crippen molar-refractivity contribution in [2.75, 3.05) is 26.0 Å². The van der Waals surface area contributed by atoms with Gasteiger partial charge in [-0.05, 0) is 31.2 Å². The summed E-state index contributed by atoms with van der Waals surface area (Å²) in [6.45, 7) is 2.54. The smallest absolute Gasteiger partial charge is 0.320 e. The van der Waals surface area contributed by atoms with E-state index in [0.717, 1.165) is 11.3 Å². The van der Waals surface area contributed by atoms with Crippen LogP contribution >= 0.6 is 0 Å². The molecule has 1 N–H and O–H groups in total. The number of carbonyl (C=O) groups is 1. The van der Waals surface area contributed by atoms with E-state index in [1.54, 1.807) is 0 Å². The molecule has 1 aromatic rings. The van der Waals surface area contributed by atoms with Crippen molar-refractivity contribution >= 4 is 11.7 Å². The van der Waals surface area contributed by atoms with Crippen LogP contribution in [0.5, 0.6) is 0 Å². The Morgan fingerprint density at radius 3 is 2.50 bits per heavy atom. The lowest BCUT2D eigenvalue weighted by Gasteiger charge is -2.24. The molecule has 0 saturated heterocycles. The first-order valence-corrected chi connectivity index (χ1v) is 6.15. The minimum atomic E-state index is -0.760. The van der Waals surface area contributed by atoms with E-state index in [-0.39, 0.29) is 0 Å². The largest absolute Gasteiger partial charge is 0.480 e. The Morgan fingerprint density at radius 2 is 2.00 bits per heavy atom. The normalized spacial score (nSPS) is 12.5. The number of rotatable bonds is 6. The second-order valence-corrected chi connectivity index (χ2v) is 4.74. The predicted octanol–water partition coefficient (Wildman–Crippen LogP) is 2.05. The lowest BCUT2D eigenvalue weighted by molar-refractivity contribution is -0.143. The van der Waals surface area contributed by atoms with Crippen molar-refractivity contribution in [1.82, 2.24) is 4.90 Å². The number of benzene rings is 1. The van der Waals surface area contributed by atoms with E-state index >= 15 is 0 Å². The van der Waals surface area contributed by atoms with Crippen molar-refractivity contribution < 1.29 is 9.90 Å². The summed E-state index contributed by atoms with van der Waals surface area (Å²) in [6, 6.07) is 7.73. The molecule has 0 heterocycles. The van der Waals surface area contributed by atoms with Crippen LogP contribution in [0.3, 0.4) is 0 Å². The maximum Gasteiger partial charge on any atom is 0.320 e. The molecule has 0 spiro atoms. The average molecular weight is 250 g/mol. The van der Waals surface area contributed by atoms with Gasteiger partial charge in [-0.25, -0.2) is 0 Å². The Labute approximate surface area is 109 Å². The summed E-state index contributed by atoms with van der Waals surface area (Å²) in [6.07, 6.45) is 0.610. The standard InChI is InChI=1S/C14H22N2O2/c1-5-13(14(17)18)16(4)10-11-7-6-8-12(9-11)15(2)3/h6-9,13H,5,10H2,1-4H3,(H,17,18). The van der Waals surface area contributed by atoms with Gasteiger partial charge in [0.25, 0.3) is 0 Å². The molecule has 1 rings (SSSR count). The first-order valence-electron chi connectivity index (χ1n) is 6.15. The number of anilines is 1. The van der Waals surface area contributed by atoms with Gasteiger partial charge in [0, 0.05) is 26.3 Å². The zero-order chi connectivity index (χ0) is 13.7. The summed E-state index contributed by atoms with van der Waals surface area (Å²) in [5.41, 5.74) is 2.26. The zero-order valence-corrected chi connectivity index (χ0v) is 11.6. The van der Waals surface area contributed by atoms with E-state index in [1.807, 2.05) is 56.1 Å². The van der Waals surface area contributed by atoms with Crippen molar-refractivity contribution in [3.8, 4) is 0 Å². The Kier molecular flexibility index (Phi) is 5.16. The lowest BCUT2D eigenvalue weighted by atomic mass is 10.1. The molecule has 4 nitrogen and oxygen atoms in total. The second kappa shape index (κ2) is 6.40. The van der Waals surface area contributed by atoms with Crippen LogP contribution in [0.25, 0.3) is 0 Å². The highest BCUT2D eigenvalue weighted by atomic mass is 16.4. The third-order valence-electron chi connectivity index (χ3n) is 3.06. The summed E-state index contributed by atoms with van der Waals surface area (Å²) in [5, 5.41) is 9.11. The van der Waals surface area contributed by atoms with Crippen molar-refractivity contribution in [2.24, 2.45) is 0 Å². The van der Waals surface area contributed by atoms with Gasteiger partial charge < -0.3 is 10.0 Å². The number of likely N-dealkylation sites (N-methyl/N-ethyl adjacent to an activating group) is 1. The number of hydrogen-bond donors (Lipinski definition) is 1. The molecule has 0 fully saturated rings. The summed E-state index contributed by atoms with van der Waals surface area (Å²) < 4.78 is 0. The van der Waals surface area contributed by atoms with Crippen LogP contribution in [0.4, 0.5) is 5.69 Å². The first-order chi connectivity index (χ1) is 8.45. The summed E-state index contributed by atoms with van der Waals surface area (Å²) >= 11 is 0. The second-order valence-electron chi connectivity index (χ2n) is 4.74. The minimum absolute atomic E-state index is 0.423. The quantitative estimate of drug-likeness (QED) is 0.839. The Balaban J connectivity index is 2.77. The number of nitrogens with zero attached hydrogens (tertiary/aromatic N) is 2. The molecule has 0 radical (unpaired) electrons. The highest BCUT2D eigenvalue weighted by Crippen LogP contribution is 2.16. The van der Waals surface area contributed by atoms with Crippen LogP contribution in [-0.2, 0) is 11.3 Å². The van der Waals surface area contributed by atoms with Gasteiger partial charge >= 0.3 is 5.97 Å². The van der Waals surface area contributed by atoms with Crippen LogP contribution in [0.2, 0.25) is 0 Å². The molecule has 100 valence electrons. The van der Waals surface area contributed by atoms with Crippen LogP contribution < -0.4 is 4.90 Å². The molecular weight excluding hydrogens is 228 g/mol. The molecule has 4 heteroatoms. The fraction of sp³-hybridized carbons (Fsp3) is 0.500. The summed E-state index contributed by atoms with van der Waals surface area (Å²) in [4.78, 5) is 15.0. The lowest BCUT2D eigenvalue weighted by Crippen LogP contribution is -2.37. The number of hydrogen-bond acceptors (Lipinski definition) is 3. The maximum atomic E-state index is 11.1. The topological polar surface area (TPSA) is 43.8 Å². The van der Waals surface area contributed by atoms with Gasteiger partial charge in [0.1, 0.15) is 6.04 Å². The third-order valence-corrected chi connectivity index (χ3v) is 3.06. The van der Waals surface area contributed by atoms with E-state index < -0.39 is 12.0 Å². The fourth-order valence-electron chi connectivity index (χ4n) is 2.01. The van der Waals surface area contributed by atoms with Crippen LogP contribution in [0, 0.1) is 0 Å². The third kappa shape index (κ3) is 3.74. The monoisotopic (exact) mass is 250 g/mol. The van der Waals surface area contributed by atoms with Gasteiger partial charge in [0.15, 0.2) is 0 Å². The Morgan fingerprint density at radius 1 is 1.33 bits per heavy atom. The molecule has 1 aromatic carbocycles. The molecule has 0 aromatic heterocycles. The van der Waals surface area contributed by atoms with Crippen molar-refractivity contribution in [3.63, 3.8) is 0 Å². The van der Waals surface area contributed by atoms with Crippen molar-refractivity contribution in [1.29, 1.82) is 0 Å². The van der Waals surface area contributed by atoms with Crippen molar-refractivity contribution in [2.45, 2.75) is 25.9 Å². The molecule has 0 saturated carbocycles. The van der Waals surface area contributed by atoms with E-state index in [4.69, 9.17) is 5.11 Å². The van der Waals surface area contributed by atoms with Gasteiger partial charge in [-0.3, -0.25) is 9.69 Å². The van der Waals surface area contributed by atoms with Gasteiger partial charge in [-0.1, -0.05) is 19.1 Å². The Hall–Kier alpha value is -1.55. The molecule has 0 amide bonds. The highest BCUT2D eigenvalue weighted by molar-refractivity contribution is 5.73. The van der Waals surface area contributed by atoms with E-state index in [9.17, 15) is 4.79 Å². The molecule has 0 aliphatic carbocycles. The molecule has 1 unspecified atom stereocenters. The highest BCUT2D eigenvalue weighted by Gasteiger charge is 2.20. The van der Waals surface area contributed by atoms with Crippen LogP contribution in [0.1, 0.15) is 18.9 Å². The zero-order valence-electron chi connectivity index (χ0n) is 11.6. The van der Waals surface area contributed by atoms with E-state index in [0.29, 0.717) is 13.0 Å². The summed E-state index contributed by atoms with van der Waals surface area (Å²) in [5.74, 6) is -0.760. The van der Waals surface area contributed by atoms with Gasteiger partial charge in [-0.15, -0.1) is 0 Å². The fourth-order valence-corrected chi connectivity index (χ4v) is 2.01. The van der Waals surface area contributed by atoms with Crippen LogP contribution in [0.15, 0.2) is 24.3 Å². The van der Waals surface area contributed by atoms with E-state index in [2.05, 4.69) is 6.07 Å². The van der Waals surface area contributed by atoms with E-state index in [1.165, 1.54) is 0 Å². The summed E-state index contributed by atoms with van der Waals surface area (Å²) in [7, 11) is 5.84. The van der Waals surface area contributed by atoms with Crippen LogP contribution in [-0.4, -0.2) is 43.2 Å². The van der Waals surface area contributed by atoms with Gasteiger partial charge in [0.2, 0.25) is 0 Å². The minimum Gasteiger partial charge on any atom is -0.480 e. The van der Waals surface area contributed by atoms with Gasteiger partial charge in [0.05, 0.1) is 0 Å².